The summed E-state index contributed by atoms with van der Waals surface area (Å²) in [4.78, 5) is 0. The standard InChI is InChI=1S/C12H25N/c1-4-8-11(13-3)12(2)9-6-5-7-10-12/h11,13H,4-10H2,1-3H3. The lowest BCUT2D eigenvalue weighted by molar-refractivity contribution is 0.142. The molecule has 13 heavy (non-hydrogen) atoms. The zero-order valence-corrected chi connectivity index (χ0v) is 9.53. The lowest BCUT2D eigenvalue weighted by Crippen LogP contribution is -2.43. The van der Waals surface area contributed by atoms with Crippen LogP contribution in [0.25, 0.3) is 0 Å². The Kier molecular flexibility index (Phi) is 4.24. The highest BCUT2D eigenvalue weighted by Gasteiger charge is 2.33. The third kappa shape index (κ3) is 2.70. The van der Waals surface area contributed by atoms with Crippen molar-refractivity contribution in [3.63, 3.8) is 0 Å². The van der Waals surface area contributed by atoms with Crippen molar-refractivity contribution in [1.29, 1.82) is 0 Å². The van der Waals surface area contributed by atoms with Crippen LogP contribution < -0.4 is 5.32 Å². The molecule has 0 heterocycles. The average molecular weight is 183 g/mol. The van der Waals surface area contributed by atoms with E-state index in [1.165, 1.54) is 44.9 Å². The summed E-state index contributed by atoms with van der Waals surface area (Å²) in [7, 11) is 2.13. The van der Waals surface area contributed by atoms with Crippen molar-refractivity contribution in [2.75, 3.05) is 7.05 Å². The fourth-order valence-electron chi connectivity index (χ4n) is 2.84. The van der Waals surface area contributed by atoms with E-state index in [1.807, 2.05) is 0 Å². The summed E-state index contributed by atoms with van der Waals surface area (Å²) in [6.45, 7) is 4.76. The van der Waals surface area contributed by atoms with Crippen LogP contribution in [0.5, 0.6) is 0 Å². The molecule has 1 unspecified atom stereocenters. The van der Waals surface area contributed by atoms with Gasteiger partial charge in [-0.3, -0.25) is 0 Å². The summed E-state index contributed by atoms with van der Waals surface area (Å²) < 4.78 is 0. The molecule has 0 aliphatic heterocycles. The molecule has 1 rings (SSSR count). The van der Waals surface area contributed by atoms with Gasteiger partial charge in [-0.2, -0.15) is 0 Å². The van der Waals surface area contributed by atoms with Crippen LogP contribution in [0.2, 0.25) is 0 Å². The van der Waals surface area contributed by atoms with Crippen LogP contribution >= 0.6 is 0 Å². The van der Waals surface area contributed by atoms with E-state index in [4.69, 9.17) is 0 Å². The van der Waals surface area contributed by atoms with E-state index >= 15 is 0 Å². The van der Waals surface area contributed by atoms with Crippen LogP contribution in [0.4, 0.5) is 0 Å². The maximum Gasteiger partial charge on any atom is 0.0118 e. The van der Waals surface area contributed by atoms with Gasteiger partial charge in [-0.1, -0.05) is 39.5 Å². The molecule has 0 aromatic carbocycles. The highest BCUT2D eigenvalue weighted by molar-refractivity contribution is 4.88. The fourth-order valence-corrected chi connectivity index (χ4v) is 2.84. The predicted octanol–water partition coefficient (Wildman–Crippen LogP) is 3.34. The second-order valence-electron chi connectivity index (χ2n) is 4.84. The van der Waals surface area contributed by atoms with Crippen molar-refractivity contribution in [3.05, 3.63) is 0 Å². The predicted molar refractivity (Wildman–Crippen MR) is 58.9 cm³/mol. The number of hydrogen-bond acceptors (Lipinski definition) is 1. The highest BCUT2D eigenvalue weighted by Crippen LogP contribution is 2.39. The van der Waals surface area contributed by atoms with E-state index in [1.54, 1.807) is 0 Å². The minimum Gasteiger partial charge on any atom is -0.316 e. The summed E-state index contributed by atoms with van der Waals surface area (Å²) >= 11 is 0. The summed E-state index contributed by atoms with van der Waals surface area (Å²) in [5.41, 5.74) is 0.586. The maximum absolute atomic E-state index is 3.51. The molecule has 0 aromatic heterocycles. The van der Waals surface area contributed by atoms with Crippen LogP contribution in [0.15, 0.2) is 0 Å². The van der Waals surface area contributed by atoms with Crippen LogP contribution in [0.3, 0.4) is 0 Å². The van der Waals surface area contributed by atoms with Crippen molar-refractivity contribution in [2.45, 2.75) is 64.8 Å². The Balaban J connectivity index is 2.52. The smallest absolute Gasteiger partial charge is 0.0118 e. The fraction of sp³-hybridized carbons (Fsp3) is 1.00. The van der Waals surface area contributed by atoms with Gasteiger partial charge in [-0.25, -0.2) is 0 Å². The molecule has 78 valence electrons. The molecule has 1 aliphatic rings. The Hall–Kier alpha value is -0.0400. The molecule has 1 aliphatic carbocycles. The third-order valence-corrected chi connectivity index (χ3v) is 3.76. The molecule has 1 N–H and O–H groups in total. The molecule has 1 saturated carbocycles. The van der Waals surface area contributed by atoms with E-state index < -0.39 is 0 Å². The molecule has 1 atom stereocenters. The summed E-state index contributed by atoms with van der Waals surface area (Å²) in [6, 6.07) is 0.748. The van der Waals surface area contributed by atoms with Gasteiger partial charge in [-0.05, 0) is 31.7 Å². The average Bonchev–Trinajstić information content (AvgIpc) is 2.15. The van der Waals surface area contributed by atoms with Crippen LogP contribution in [-0.4, -0.2) is 13.1 Å². The monoisotopic (exact) mass is 183 g/mol. The van der Waals surface area contributed by atoms with E-state index in [-0.39, 0.29) is 0 Å². The molecular weight excluding hydrogens is 158 g/mol. The Labute approximate surface area is 83.3 Å². The van der Waals surface area contributed by atoms with Crippen LogP contribution in [-0.2, 0) is 0 Å². The molecule has 1 nitrogen and oxygen atoms in total. The first-order valence-corrected chi connectivity index (χ1v) is 5.90. The Morgan fingerprint density at radius 3 is 2.31 bits per heavy atom. The molecule has 1 fully saturated rings. The minimum atomic E-state index is 0.586. The number of hydrogen-bond donors (Lipinski definition) is 1. The van der Waals surface area contributed by atoms with Gasteiger partial charge < -0.3 is 5.32 Å². The zero-order valence-electron chi connectivity index (χ0n) is 9.53. The van der Waals surface area contributed by atoms with Gasteiger partial charge in [-0.15, -0.1) is 0 Å². The van der Waals surface area contributed by atoms with Gasteiger partial charge in [0, 0.05) is 6.04 Å². The number of nitrogens with one attached hydrogen (secondary N) is 1. The Morgan fingerprint density at radius 2 is 1.85 bits per heavy atom. The van der Waals surface area contributed by atoms with Gasteiger partial charge in [0.15, 0.2) is 0 Å². The first-order chi connectivity index (χ1) is 6.23. The molecule has 0 amide bonds. The van der Waals surface area contributed by atoms with E-state index in [2.05, 4.69) is 26.2 Å². The van der Waals surface area contributed by atoms with Crippen molar-refractivity contribution >= 4 is 0 Å². The zero-order chi connectivity index (χ0) is 9.73. The summed E-state index contributed by atoms with van der Waals surface area (Å²) in [6.07, 6.45) is 9.85. The quantitative estimate of drug-likeness (QED) is 0.705. The SMILES string of the molecule is CCCC(NC)C1(C)CCCCC1. The first-order valence-electron chi connectivity index (χ1n) is 5.90. The van der Waals surface area contributed by atoms with Gasteiger partial charge in [0.1, 0.15) is 0 Å². The maximum atomic E-state index is 3.51. The third-order valence-electron chi connectivity index (χ3n) is 3.76. The van der Waals surface area contributed by atoms with Gasteiger partial charge >= 0.3 is 0 Å². The summed E-state index contributed by atoms with van der Waals surface area (Å²) in [5, 5.41) is 3.51. The van der Waals surface area contributed by atoms with Gasteiger partial charge in [0.05, 0.1) is 0 Å². The molecule has 0 aromatic rings. The normalized spacial score (nSPS) is 24.2. The largest absolute Gasteiger partial charge is 0.316 e. The van der Waals surface area contributed by atoms with Crippen molar-refractivity contribution < 1.29 is 0 Å². The van der Waals surface area contributed by atoms with Crippen molar-refractivity contribution in [1.82, 2.24) is 5.32 Å². The molecule has 0 saturated heterocycles. The molecule has 0 bridgehead atoms. The van der Waals surface area contributed by atoms with Crippen LogP contribution in [0.1, 0.15) is 58.8 Å². The molecule has 1 heteroatoms. The number of rotatable bonds is 4. The topological polar surface area (TPSA) is 12.0 Å². The van der Waals surface area contributed by atoms with E-state index in [0.29, 0.717) is 5.41 Å². The van der Waals surface area contributed by atoms with Crippen LogP contribution in [0, 0.1) is 5.41 Å². The van der Waals surface area contributed by atoms with Gasteiger partial charge in [0.25, 0.3) is 0 Å². The molecular formula is C12H25N. The summed E-state index contributed by atoms with van der Waals surface area (Å²) in [5.74, 6) is 0. The lowest BCUT2D eigenvalue weighted by atomic mass is 9.69. The Bertz CT molecular complexity index is 136. The van der Waals surface area contributed by atoms with Crippen molar-refractivity contribution in [2.24, 2.45) is 5.41 Å². The minimum absolute atomic E-state index is 0.586. The first kappa shape index (κ1) is 11.0. The lowest BCUT2D eigenvalue weighted by Gasteiger charge is -2.40. The molecule has 0 spiro atoms. The van der Waals surface area contributed by atoms with E-state index in [0.717, 1.165) is 6.04 Å². The van der Waals surface area contributed by atoms with Crippen molar-refractivity contribution in [3.8, 4) is 0 Å². The van der Waals surface area contributed by atoms with Gasteiger partial charge in [0.2, 0.25) is 0 Å². The highest BCUT2D eigenvalue weighted by atomic mass is 14.9. The second kappa shape index (κ2) is 4.99. The Morgan fingerprint density at radius 1 is 1.23 bits per heavy atom. The molecule has 0 radical (unpaired) electrons. The van der Waals surface area contributed by atoms with E-state index in [9.17, 15) is 0 Å². The second-order valence-corrected chi connectivity index (χ2v) is 4.84.